The predicted molar refractivity (Wildman–Crippen MR) is 101 cm³/mol. The van der Waals surface area contributed by atoms with Gasteiger partial charge in [-0.15, -0.1) is 0 Å². The van der Waals surface area contributed by atoms with Gasteiger partial charge in [0.2, 0.25) is 0 Å². The summed E-state index contributed by atoms with van der Waals surface area (Å²) >= 11 is 12.6. The standard InChI is InChI=1S/C19H18Cl2N2O2/c1-11-13-8-7-12(19(2,3)18(24)25)9-17(13)23(22-11)10-14-15(20)5-4-6-16(14)21/h4-9H,10H2,1-3H3,(H,24,25). The fourth-order valence-electron chi connectivity index (χ4n) is 2.81. The molecule has 1 heterocycles. The number of carboxylic acids is 1. The highest BCUT2D eigenvalue weighted by Gasteiger charge is 2.30. The zero-order valence-electron chi connectivity index (χ0n) is 14.2. The first-order valence-electron chi connectivity index (χ1n) is 7.85. The molecule has 0 saturated heterocycles. The fraction of sp³-hybridized carbons (Fsp3) is 0.263. The molecule has 1 aromatic heterocycles. The monoisotopic (exact) mass is 376 g/mol. The van der Waals surface area contributed by atoms with Crippen molar-refractivity contribution in [1.29, 1.82) is 0 Å². The normalized spacial score (nSPS) is 11.9. The van der Waals surface area contributed by atoms with E-state index in [-0.39, 0.29) is 0 Å². The van der Waals surface area contributed by atoms with Crippen molar-refractivity contribution in [1.82, 2.24) is 9.78 Å². The van der Waals surface area contributed by atoms with E-state index in [0.717, 1.165) is 27.7 Å². The Morgan fingerprint density at radius 1 is 1.20 bits per heavy atom. The topological polar surface area (TPSA) is 55.1 Å². The second-order valence-electron chi connectivity index (χ2n) is 6.61. The summed E-state index contributed by atoms with van der Waals surface area (Å²) < 4.78 is 1.82. The number of fused-ring (bicyclic) bond motifs is 1. The van der Waals surface area contributed by atoms with Crippen molar-refractivity contribution in [2.75, 3.05) is 0 Å². The third-order valence-electron chi connectivity index (χ3n) is 4.56. The summed E-state index contributed by atoms with van der Waals surface area (Å²) in [6.07, 6.45) is 0. The van der Waals surface area contributed by atoms with E-state index in [1.807, 2.05) is 29.8 Å². The predicted octanol–water partition coefficient (Wildman–Crippen LogP) is 5.06. The molecule has 0 atom stereocenters. The van der Waals surface area contributed by atoms with Gasteiger partial charge in [0.05, 0.1) is 23.2 Å². The molecule has 0 aliphatic carbocycles. The van der Waals surface area contributed by atoms with Crippen LogP contribution in [0.25, 0.3) is 10.9 Å². The highest BCUT2D eigenvalue weighted by Crippen LogP contribution is 2.30. The van der Waals surface area contributed by atoms with Crippen molar-refractivity contribution in [3.8, 4) is 0 Å². The Labute approximate surface area is 156 Å². The lowest BCUT2D eigenvalue weighted by Crippen LogP contribution is -2.28. The van der Waals surface area contributed by atoms with Crippen LogP contribution in [0.15, 0.2) is 36.4 Å². The molecule has 0 saturated carbocycles. The van der Waals surface area contributed by atoms with E-state index >= 15 is 0 Å². The summed E-state index contributed by atoms with van der Waals surface area (Å²) in [5.41, 5.74) is 2.26. The molecular formula is C19H18Cl2N2O2. The Bertz CT molecular complexity index is 957. The van der Waals surface area contributed by atoms with Gasteiger partial charge in [0.15, 0.2) is 0 Å². The molecule has 0 spiro atoms. The minimum absolute atomic E-state index is 0.416. The Morgan fingerprint density at radius 2 is 1.84 bits per heavy atom. The van der Waals surface area contributed by atoms with Crippen LogP contribution >= 0.6 is 23.2 Å². The quantitative estimate of drug-likeness (QED) is 0.691. The molecule has 3 aromatic rings. The zero-order valence-corrected chi connectivity index (χ0v) is 15.7. The van der Waals surface area contributed by atoms with Crippen molar-refractivity contribution >= 4 is 40.1 Å². The number of rotatable bonds is 4. The molecule has 0 radical (unpaired) electrons. The summed E-state index contributed by atoms with van der Waals surface area (Å²) in [5, 5.41) is 16.2. The number of benzene rings is 2. The van der Waals surface area contributed by atoms with Gasteiger partial charge in [-0.3, -0.25) is 9.48 Å². The number of hydrogen-bond acceptors (Lipinski definition) is 2. The number of carboxylic acid groups (broad SMARTS) is 1. The molecule has 0 aliphatic rings. The van der Waals surface area contributed by atoms with Crippen molar-refractivity contribution in [2.24, 2.45) is 0 Å². The van der Waals surface area contributed by atoms with Gasteiger partial charge in [0.25, 0.3) is 0 Å². The molecule has 0 amide bonds. The van der Waals surface area contributed by atoms with Crippen molar-refractivity contribution in [2.45, 2.75) is 32.7 Å². The van der Waals surface area contributed by atoms with Crippen LogP contribution in [0.2, 0.25) is 10.0 Å². The van der Waals surface area contributed by atoms with E-state index in [2.05, 4.69) is 5.10 Å². The Morgan fingerprint density at radius 3 is 2.44 bits per heavy atom. The molecule has 2 aromatic carbocycles. The number of hydrogen-bond donors (Lipinski definition) is 1. The molecule has 1 N–H and O–H groups in total. The maximum Gasteiger partial charge on any atom is 0.313 e. The molecule has 0 fully saturated rings. The first kappa shape index (κ1) is 17.8. The molecule has 6 heteroatoms. The number of nitrogens with zero attached hydrogens (tertiary/aromatic N) is 2. The van der Waals surface area contributed by atoms with Gasteiger partial charge in [-0.25, -0.2) is 0 Å². The van der Waals surface area contributed by atoms with Gasteiger partial charge in [-0.05, 0) is 44.5 Å². The van der Waals surface area contributed by atoms with E-state index in [9.17, 15) is 9.90 Å². The van der Waals surface area contributed by atoms with Crippen LogP contribution in [0.1, 0.15) is 30.7 Å². The summed E-state index contributed by atoms with van der Waals surface area (Å²) in [6, 6.07) is 11.0. The van der Waals surface area contributed by atoms with Gasteiger partial charge in [0, 0.05) is 21.0 Å². The van der Waals surface area contributed by atoms with Crippen molar-refractivity contribution in [3.63, 3.8) is 0 Å². The van der Waals surface area contributed by atoms with Crippen LogP contribution in [0.5, 0.6) is 0 Å². The molecular weight excluding hydrogens is 359 g/mol. The average molecular weight is 377 g/mol. The van der Waals surface area contributed by atoms with Crippen LogP contribution in [-0.2, 0) is 16.8 Å². The second-order valence-corrected chi connectivity index (χ2v) is 7.42. The first-order chi connectivity index (χ1) is 11.7. The lowest BCUT2D eigenvalue weighted by atomic mass is 9.84. The van der Waals surface area contributed by atoms with Crippen LogP contribution in [0.3, 0.4) is 0 Å². The smallest absolute Gasteiger partial charge is 0.313 e. The van der Waals surface area contributed by atoms with Gasteiger partial charge in [-0.2, -0.15) is 5.10 Å². The maximum absolute atomic E-state index is 11.6. The fourth-order valence-corrected chi connectivity index (χ4v) is 3.32. The maximum atomic E-state index is 11.6. The van der Waals surface area contributed by atoms with Gasteiger partial charge in [-0.1, -0.05) is 41.4 Å². The van der Waals surface area contributed by atoms with Crippen molar-refractivity contribution < 1.29 is 9.90 Å². The van der Waals surface area contributed by atoms with Gasteiger partial charge < -0.3 is 5.11 Å². The molecule has 130 valence electrons. The number of carbonyl (C=O) groups is 1. The van der Waals surface area contributed by atoms with Crippen LogP contribution in [-0.4, -0.2) is 20.9 Å². The number of aryl methyl sites for hydroxylation is 1. The largest absolute Gasteiger partial charge is 0.481 e. The van der Waals surface area contributed by atoms with E-state index in [1.54, 1.807) is 32.0 Å². The second kappa shape index (κ2) is 6.36. The van der Waals surface area contributed by atoms with E-state index in [0.29, 0.717) is 16.6 Å². The van der Waals surface area contributed by atoms with Crippen LogP contribution in [0, 0.1) is 6.92 Å². The van der Waals surface area contributed by atoms with E-state index in [1.165, 1.54) is 0 Å². The Balaban J connectivity index is 2.14. The summed E-state index contributed by atoms with van der Waals surface area (Å²) in [7, 11) is 0. The molecule has 3 rings (SSSR count). The van der Waals surface area contributed by atoms with Gasteiger partial charge >= 0.3 is 5.97 Å². The third kappa shape index (κ3) is 3.12. The number of aliphatic carboxylic acids is 1. The molecule has 0 aliphatic heterocycles. The van der Waals surface area contributed by atoms with Crippen LogP contribution in [0.4, 0.5) is 0 Å². The molecule has 4 nitrogen and oxygen atoms in total. The first-order valence-corrected chi connectivity index (χ1v) is 8.61. The van der Waals surface area contributed by atoms with Crippen LogP contribution < -0.4 is 0 Å². The average Bonchev–Trinajstić information content (AvgIpc) is 2.86. The van der Waals surface area contributed by atoms with Gasteiger partial charge in [0.1, 0.15) is 0 Å². The Hall–Kier alpha value is -2.04. The highest BCUT2D eigenvalue weighted by atomic mass is 35.5. The molecule has 0 bridgehead atoms. The summed E-state index contributed by atoms with van der Waals surface area (Å²) in [4.78, 5) is 11.6. The SMILES string of the molecule is Cc1nn(Cc2c(Cl)cccc2Cl)c2cc(C(C)(C)C(=O)O)ccc12. The summed E-state index contributed by atoms with van der Waals surface area (Å²) in [5.74, 6) is -0.871. The minimum atomic E-state index is -0.987. The highest BCUT2D eigenvalue weighted by molar-refractivity contribution is 6.36. The summed E-state index contributed by atoms with van der Waals surface area (Å²) in [6.45, 7) is 5.72. The Kier molecular flexibility index (Phi) is 4.52. The number of aromatic nitrogens is 2. The third-order valence-corrected chi connectivity index (χ3v) is 5.27. The molecule has 0 unspecified atom stereocenters. The lowest BCUT2D eigenvalue weighted by molar-refractivity contribution is -0.142. The van der Waals surface area contributed by atoms with Crippen molar-refractivity contribution in [3.05, 3.63) is 63.3 Å². The van der Waals surface area contributed by atoms with E-state index < -0.39 is 11.4 Å². The lowest BCUT2D eigenvalue weighted by Gasteiger charge is -2.20. The number of halogens is 2. The zero-order chi connectivity index (χ0) is 18.4. The van der Waals surface area contributed by atoms with E-state index in [4.69, 9.17) is 23.2 Å². The minimum Gasteiger partial charge on any atom is -0.481 e. The molecule has 25 heavy (non-hydrogen) atoms.